The highest BCUT2D eigenvalue weighted by atomic mass is 16.2. The van der Waals surface area contributed by atoms with Crippen molar-refractivity contribution < 1.29 is 9.59 Å². The summed E-state index contributed by atoms with van der Waals surface area (Å²) in [5.74, 6) is 0.132. The summed E-state index contributed by atoms with van der Waals surface area (Å²) in [6.07, 6.45) is 4.16. The summed E-state index contributed by atoms with van der Waals surface area (Å²) in [7, 11) is 0. The van der Waals surface area contributed by atoms with Gasteiger partial charge >= 0.3 is 0 Å². The molecule has 25 heavy (non-hydrogen) atoms. The van der Waals surface area contributed by atoms with Crippen molar-refractivity contribution >= 4 is 11.8 Å². The maximum atomic E-state index is 12.5. The molecule has 0 radical (unpaired) electrons. The number of rotatable bonds is 6. The molecule has 5 heteroatoms. The lowest BCUT2D eigenvalue weighted by atomic mass is 10.00. The molecule has 1 unspecified atom stereocenters. The highest BCUT2D eigenvalue weighted by molar-refractivity contribution is 5.88. The molecule has 1 atom stereocenters. The van der Waals surface area contributed by atoms with Crippen LogP contribution >= 0.6 is 0 Å². The molecular weight excluding hydrogens is 314 g/mol. The van der Waals surface area contributed by atoms with Gasteiger partial charge in [-0.15, -0.1) is 0 Å². The van der Waals surface area contributed by atoms with E-state index in [1.165, 1.54) is 11.1 Å². The molecule has 2 aliphatic rings. The first kappa shape index (κ1) is 17.9. The lowest BCUT2D eigenvalue weighted by Gasteiger charge is -2.29. The molecule has 0 saturated carbocycles. The zero-order chi connectivity index (χ0) is 17.6. The van der Waals surface area contributed by atoms with Crippen molar-refractivity contribution in [3.05, 3.63) is 35.4 Å². The number of nitrogens with one attached hydrogen (secondary N) is 1. The van der Waals surface area contributed by atoms with Crippen LogP contribution in [0.25, 0.3) is 0 Å². The van der Waals surface area contributed by atoms with Gasteiger partial charge in [0.25, 0.3) is 0 Å². The van der Waals surface area contributed by atoms with E-state index in [9.17, 15) is 9.59 Å². The molecule has 136 valence electrons. The first-order chi connectivity index (χ1) is 12.2. The molecule has 2 heterocycles. The minimum Gasteiger partial charge on any atom is -0.353 e. The van der Waals surface area contributed by atoms with Crippen molar-refractivity contribution in [2.45, 2.75) is 51.6 Å². The zero-order valence-electron chi connectivity index (χ0n) is 15.2. The van der Waals surface area contributed by atoms with E-state index in [2.05, 4.69) is 34.5 Å². The van der Waals surface area contributed by atoms with Crippen molar-refractivity contribution in [1.29, 1.82) is 0 Å². The van der Waals surface area contributed by atoms with Crippen LogP contribution < -0.4 is 5.32 Å². The Morgan fingerprint density at radius 2 is 2.00 bits per heavy atom. The Hall–Kier alpha value is -1.88. The number of carbonyl (C=O) groups excluding carboxylic acids is 2. The molecule has 3 rings (SSSR count). The van der Waals surface area contributed by atoms with Gasteiger partial charge in [0, 0.05) is 39.1 Å². The second-order valence-electron chi connectivity index (χ2n) is 7.08. The standard InChI is InChI=1S/C20H29N3O2/c1-2-6-19(24)23-12-5-9-18(23)20(25)21-11-14-22-13-10-16-7-3-4-8-17(16)15-22/h3-4,7-8,18H,2,5-6,9-15H2,1H3,(H,21,25). The summed E-state index contributed by atoms with van der Waals surface area (Å²) in [6.45, 7) is 6.22. The van der Waals surface area contributed by atoms with Crippen molar-refractivity contribution in [2.75, 3.05) is 26.2 Å². The number of amides is 2. The maximum Gasteiger partial charge on any atom is 0.242 e. The van der Waals surface area contributed by atoms with Crippen LogP contribution in [0.2, 0.25) is 0 Å². The zero-order valence-corrected chi connectivity index (χ0v) is 15.2. The highest BCUT2D eigenvalue weighted by Crippen LogP contribution is 2.19. The normalized spacial score (nSPS) is 20.4. The molecule has 0 spiro atoms. The molecule has 2 aliphatic heterocycles. The molecule has 0 bridgehead atoms. The monoisotopic (exact) mass is 343 g/mol. The van der Waals surface area contributed by atoms with Crippen LogP contribution in [0.5, 0.6) is 0 Å². The Morgan fingerprint density at radius 3 is 2.80 bits per heavy atom. The largest absolute Gasteiger partial charge is 0.353 e. The molecule has 1 aromatic carbocycles. The third-order valence-corrected chi connectivity index (χ3v) is 5.28. The number of likely N-dealkylation sites (tertiary alicyclic amines) is 1. The Morgan fingerprint density at radius 1 is 1.20 bits per heavy atom. The molecule has 2 amide bonds. The maximum absolute atomic E-state index is 12.5. The van der Waals surface area contributed by atoms with Crippen LogP contribution in [0.1, 0.15) is 43.7 Å². The van der Waals surface area contributed by atoms with Gasteiger partial charge in [0.05, 0.1) is 0 Å². The summed E-state index contributed by atoms with van der Waals surface area (Å²) in [4.78, 5) is 28.8. The minimum atomic E-state index is -0.263. The van der Waals surface area contributed by atoms with E-state index < -0.39 is 0 Å². The second-order valence-corrected chi connectivity index (χ2v) is 7.08. The van der Waals surface area contributed by atoms with Crippen LogP contribution in [0.4, 0.5) is 0 Å². The van der Waals surface area contributed by atoms with Crippen LogP contribution in [0, 0.1) is 0 Å². The molecule has 1 saturated heterocycles. The van der Waals surface area contributed by atoms with Crippen molar-refractivity contribution in [3.63, 3.8) is 0 Å². The number of carbonyl (C=O) groups is 2. The van der Waals surface area contributed by atoms with Gasteiger partial charge in [0.1, 0.15) is 6.04 Å². The predicted molar refractivity (Wildman–Crippen MR) is 98.1 cm³/mol. The SMILES string of the molecule is CCCC(=O)N1CCCC1C(=O)NCCN1CCc2ccccc2C1. The highest BCUT2D eigenvalue weighted by Gasteiger charge is 2.33. The van der Waals surface area contributed by atoms with Gasteiger partial charge in [0.2, 0.25) is 11.8 Å². The van der Waals surface area contributed by atoms with Gasteiger partial charge in [-0.05, 0) is 36.8 Å². The van der Waals surface area contributed by atoms with Gasteiger partial charge in [0.15, 0.2) is 0 Å². The number of fused-ring (bicyclic) bond motifs is 1. The first-order valence-corrected chi connectivity index (χ1v) is 9.55. The van der Waals surface area contributed by atoms with Crippen LogP contribution in [0.3, 0.4) is 0 Å². The fourth-order valence-corrected chi connectivity index (χ4v) is 3.90. The van der Waals surface area contributed by atoms with E-state index in [1.807, 2.05) is 6.92 Å². The van der Waals surface area contributed by atoms with E-state index in [0.29, 0.717) is 13.0 Å². The lowest BCUT2D eigenvalue weighted by molar-refractivity contribution is -0.138. The molecule has 0 aromatic heterocycles. The van der Waals surface area contributed by atoms with Crippen LogP contribution in [-0.4, -0.2) is 53.8 Å². The Kier molecular flexibility index (Phi) is 6.08. The average Bonchev–Trinajstić information content (AvgIpc) is 3.12. The van der Waals surface area contributed by atoms with Crippen LogP contribution in [-0.2, 0) is 22.6 Å². The summed E-state index contributed by atoms with van der Waals surface area (Å²) >= 11 is 0. The number of hydrogen-bond donors (Lipinski definition) is 1. The predicted octanol–water partition coefficient (Wildman–Crippen LogP) is 1.95. The summed E-state index contributed by atoms with van der Waals surface area (Å²) in [5.41, 5.74) is 2.84. The minimum absolute atomic E-state index is 0.0133. The topological polar surface area (TPSA) is 52.7 Å². The molecular formula is C20H29N3O2. The van der Waals surface area contributed by atoms with Gasteiger partial charge in [-0.3, -0.25) is 14.5 Å². The first-order valence-electron chi connectivity index (χ1n) is 9.55. The van der Waals surface area contributed by atoms with Gasteiger partial charge in [-0.25, -0.2) is 0 Å². The Bertz CT molecular complexity index is 617. The van der Waals surface area contributed by atoms with Crippen molar-refractivity contribution in [1.82, 2.24) is 15.1 Å². The quantitative estimate of drug-likeness (QED) is 0.859. The Balaban J connectivity index is 1.44. The molecule has 1 N–H and O–H groups in total. The lowest BCUT2D eigenvalue weighted by Crippen LogP contribution is -2.47. The molecule has 5 nitrogen and oxygen atoms in total. The van der Waals surface area contributed by atoms with E-state index in [0.717, 1.165) is 51.9 Å². The van der Waals surface area contributed by atoms with Crippen LogP contribution in [0.15, 0.2) is 24.3 Å². The van der Waals surface area contributed by atoms with Gasteiger partial charge < -0.3 is 10.2 Å². The summed E-state index contributed by atoms with van der Waals surface area (Å²) < 4.78 is 0. The molecule has 1 fully saturated rings. The molecule has 0 aliphatic carbocycles. The van der Waals surface area contributed by atoms with E-state index >= 15 is 0 Å². The molecule has 1 aromatic rings. The third-order valence-electron chi connectivity index (χ3n) is 5.28. The summed E-state index contributed by atoms with van der Waals surface area (Å²) in [5, 5.41) is 3.05. The number of benzene rings is 1. The third kappa shape index (κ3) is 4.40. The smallest absolute Gasteiger partial charge is 0.242 e. The van der Waals surface area contributed by atoms with E-state index in [-0.39, 0.29) is 17.9 Å². The van der Waals surface area contributed by atoms with E-state index in [1.54, 1.807) is 4.90 Å². The summed E-state index contributed by atoms with van der Waals surface area (Å²) in [6, 6.07) is 8.32. The average molecular weight is 343 g/mol. The van der Waals surface area contributed by atoms with Crippen molar-refractivity contribution in [2.24, 2.45) is 0 Å². The second kappa shape index (κ2) is 8.48. The fourth-order valence-electron chi connectivity index (χ4n) is 3.90. The van der Waals surface area contributed by atoms with E-state index in [4.69, 9.17) is 0 Å². The number of nitrogens with zero attached hydrogens (tertiary/aromatic N) is 2. The fraction of sp³-hybridized carbons (Fsp3) is 0.600. The Labute approximate surface area is 150 Å². The van der Waals surface area contributed by atoms with Gasteiger partial charge in [-0.1, -0.05) is 31.2 Å². The van der Waals surface area contributed by atoms with Crippen molar-refractivity contribution in [3.8, 4) is 0 Å². The number of hydrogen-bond acceptors (Lipinski definition) is 3. The van der Waals surface area contributed by atoms with Gasteiger partial charge in [-0.2, -0.15) is 0 Å².